The van der Waals surface area contributed by atoms with Gasteiger partial charge in [-0.25, -0.2) is 13.6 Å². The van der Waals surface area contributed by atoms with E-state index in [9.17, 15) is 33.9 Å². The summed E-state index contributed by atoms with van der Waals surface area (Å²) in [6.07, 6.45) is 1.41. The van der Waals surface area contributed by atoms with Crippen LogP contribution in [0.25, 0.3) is 26.8 Å². The summed E-state index contributed by atoms with van der Waals surface area (Å²) >= 11 is 7.69. The Morgan fingerprint density at radius 3 is 2.65 bits per heavy atom. The number of allylic oxidation sites excluding steroid dienone is 1. The van der Waals surface area contributed by atoms with E-state index >= 15 is 4.39 Å². The number of esters is 1. The van der Waals surface area contributed by atoms with Crippen molar-refractivity contribution in [3.05, 3.63) is 99.2 Å². The van der Waals surface area contributed by atoms with Gasteiger partial charge in [0.1, 0.15) is 41.7 Å². The van der Waals surface area contributed by atoms with E-state index in [1.807, 2.05) is 45.0 Å². The zero-order valence-electron chi connectivity index (χ0n) is 36.2. The maximum absolute atomic E-state index is 16.2. The van der Waals surface area contributed by atoms with Gasteiger partial charge in [-0.15, -0.1) is 11.3 Å². The summed E-state index contributed by atoms with van der Waals surface area (Å²) in [4.78, 5) is 58.5. The minimum absolute atomic E-state index is 0.00569. The SMILES string of the molecule is C=C(COc1ccc2c(c1)C(CC)=C1CN3C(=O)C4COC(=O)C(O)C4C=C3C1N2)C(=O)N1CCN2C(=O)c3cc(F)c(-c4ccc(F)c5sc(N)c(C#N)c45)c(Cl)c3OCCC2C1.CC. The molecule has 66 heavy (non-hydrogen) atoms. The Kier molecular flexibility index (Phi) is 11.8. The van der Waals surface area contributed by atoms with Crippen molar-refractivity contribution in [3.8, 4) is 28.7 Å². The zero-order chi connectivity index (χ0) is 46.9. The molecular formula is C48H45ClF2N6O8S. The molecule has 5 atom stereocenters. The minimum Gasteiger partial charge on any atom is -0.491 e. The molecule has 4 N–H and O–H groups in total. The van der Waals surface area contributed by atoms with E-state index in [1.165, 1.54) is 6.07 Å². The summed E-state index contributed by atoms with van der Waals surface area (Å²) in [7, 11) is 0. The molecule has 0 bridgehead atoms. The Balaban J connectivity index is 0.00000270. The van der Waals surface area contributed by atoms with Gasteiger partial charge in [-0.05, 0) is 53.5 Å². The predicted octanol–water partition coefficient (Wildman–Crippen LogP) is 6.90. The maximum Gasteiger partial charge on any atom is 0.335 e. The molecule has 3 amide bonds. The lowest BCUT2D eigenvalue weighted by Gasteiger charge is -2.42. The number of nitriles is 1. The van der Waals surface area contributed by atoms with Crippen LogP contribution < -0.4 is 20.5 Å². The molecule has 3 saturated heterocycles. The summed E-state index contributed by atoms with van der Waals surface area (Å²) in [6, 6.07) is 10.2. The number of benzene rings is 3. The Labute approximate surface area is 387 Å². The number of halogens is 3. The number of aliphatic hydroxyl groups excluding tert-OH is 1. The number of cyclic esters (lactones) is 1. The van der Waals surface area contributed by atoms with Gasteiger partial charge in [0.15, 0.2) is 11.9 Å². The van der Waals surface area contributed by atoms with Crippen molar-refractivity contribution in [3.63, 3.8) is 0 Å². The molecule has 0 radical (unpaired) electrons. The lowest BCUT2D eigenvalue weighted by atomic mass is 9.81. The molecule has 0 saturated carbocycles. The molecule has 3 aromatic carbocycles. The van der Waals surface area contributed by atoms with Crippen molar-refractivity contribution in [2.24, 2.45) is 11.8 Å². The summed E-state index contributed by atoms with van der Waals surface area (Å²) in [5, 5.41) is 23.9. The summed E-state index contributed by atoms with van der Waals surface area (Å²) < 4.78 is 48.3. The van der Waals surface area contributed by atoms with Crippen LogP contribution in [0.5, 0.6) is 11.5 Å². The van der Waals surface area contributed by atoms with Crippen LogP contribution in [-0.2, 0) is 19.1 Å². The molecule has 18 heteroatoms. The van der Waals surface area contributed by atoms with E-state index < -0.39 is 47.5 Å². The lowest BCUT2D eigenvalue weighted by Crippen LogP contribution is -2.57. The van der Waals surface area contributed by atoms with Crippen molar-refractivity contribution in [1.82, 2.24) is 14.7 Å². The molecule has 6 aliphatic rings. The second kappa shape index (κ2) is 17.4. The number of nitrogens with zero attached hydrogens (tertiary/aromatic N) is 4. The van der Waals surface area contributed by atoms with Crippen LogP contribution in [0.15, 0.2) is 65.9 Å². The number of carbonyl (C=O) groups excluding carboxylic acids is 4. The fourth-order valence-corrected chi connectivity index (χ4v) is 11.2. The number of anilines is 2. The van der Waals surface area contributed by atoms with Gasteiger partial charge in [0, 0.05) is 72.0 Å². The number of aliphatic hydroxyl groups is 1. The summed E-state index contributed by atoms with van der Waals surface area (Å²) in [5.74, 6) is -4.13. The van der Waals surface area contributed by atoms with Crippen LogP contribution >= 0.6 is 22.9 Å². The number of ether oxygens (including phenoxy) is 3. The van der Waals surface area contributed by atoms with Crippen molar-refractivity contribution in [1.29, 1.82) is 5.26 Å². The lowest BCUT2D eigenvalue weighted by molar-refractivity contribution is -0.172. The second-order valence-electron chi connectivity index (χ2n) is 16.5. The number of piperazine rings is 1. The third-order valence-corrected chi connectivity index (χ3v) is 14.5. The van der Waals surface area contributed by atoms with E-state index in [-0.39, 0.29) is 111 Å². The van der Waals surface area contributed by atoms with Gasteiger partial charge in [0.2, 0.25) is 5.91 Å². The van der Waals surface area contributed by atoms with Crippen LogP contribution in [0, 0.1) is 34.8 Å². The van der Waals surface area contributed by atoms with Crippen LogP contribution in [0.2, 0.25) is 5.02 Å². The number of nitrogen functional groups attached to an aromatic ring is 1. The minimum atomic E-state index is -1.41. The standard InChI is InChI=1S/C46H39ClF2N6O8S.C2H6/c1-3-23-25-12-22(4-7-33(25)52-38-29(23)17-55-34(38)14-26-30(45(55)59)19-63-46(60)39(26)56)62-18-20(2)43(57)53-9-10-54-21(16-53)8-11-61-40-27(44(54)58)13-32(49)36(37(40)47)24-5-6-31(48)41-35(24)28(15-50)42(51)64-41;1-2/h4-7,12-14,21,26,30,38-39,52,56H,2-3,8-11,16-19,51H2,1H3;1-2H3. The number of nitrogens with one attached hydrogen (secondary N) is 1. The first kappa shape index (κ1) is 44.7. The normalized spacial score (nSPS) is 22.9. The molecule has 6 aliphatic heterocycles. The number of thiophene rings is 1. The van der Waals surface area contributed by atoms with E-state index in [0.717, 1.165) is 45.9 Å². The maximum atomic E-state index is 16.2. The number of carbonyl (C=O) groups is 4. The topological polar surface area (TPSA) is 188 Å². The largest absolute Gasteiger partial charge is 0.491 e. The van der Waals surface area contributed by atoms with Crippen molar-refractivity contribution >= 4 is 73.0 Å². The van der Waals surface area contributed by atoms with E-state index in [0.29, 0.717) is 30.8 Å². The van der Waals surface area contributed by atoms with Crippen molar-refractivity contribution in [2.45, 2.75) is 51.8 Å². The molecule has 14 nitrogen and oxygen atoms in total. The first-order valence-electron chi connectivity index (χ1n) is 21.8. The highest BCUT2D eigenvalue weighted by Crippen LogP contribution is 2.49. The molecule has 7 heterocycles. The third kappa shape index (κ3) is 7.13. The van der Waals surface area contributed by atoms with E-state index in [1.54, 1.807) is 20.8 Å². The highest BCUT2D eigenvalue weighted by molar-refractivity contribution is 7.23. The highest BCUT2D eigenvalue weighted by Gasteiger charge is 2.52. The molecule has 0 aliphatic carbocycles. The molecule has 342 valence electrons. The van der Waals surface area contributed by atoms with Gasteiger partial charge in [-0.3, -0.25) is 14.4 Å². The first-order chi connectivity index (χ1) is 31.8. The summed E-state index contributed by atoms with van der Waals surface area (Å²) in [6.45, 7) is 10.8. The number of amides is 3. The monoisotopic (exact) mass is 938 g/mol. The van der Waals surface area contributed by atoms with Gasteiger partial charge >= 0.3 is 5.97 Å². The Hall–Kier alpha value is -6.48. The number of nitrogens with two attached hydrogens (primary N) is 1. The average molecular weight is 939 g/mol. The van der Waals surface area contributed by atoms with Crippen LogP contribution in [0.3, 0.4) is 0 Å². The Morgan fingerprint density at radius 2 is 1.89 bits per heavy atom. The molecule has 10 rings (SSSR count). The number of fused-ring (bicyclic) bond motifs is 8. The molecule has 5 unspecified atom stereocenters. The fourth-order valence-electron chi connectivity index (χ4n) is 9.95. The third-order valence-electron chi connectivity index (χ3n) is 13.1. The molecule has 1 aromatic heterocycles. The number of hydrogen-bond donors (Lipinski definition) is 3. The van der Waals surface area contributed by atoms with Crippen LogP contribution in [0.1, 0.15) is 55.1 Å². The van der Waals surface area contributed by atoms with E-state index in [2.05, 4.69) is 11.9 Å². The van der Waals surface area contributed by atoms with Gasteiger partial charge in [-0.2, -0.15) is 5.26 Å². The van der Waals surface area contributed by atoms with Crippen molar-refractivity contribution < 1.29 is 47.3 Å². The Bertz CT molecular complexity index is 2890. The predicted molar refractivity (Wildman–Crippen MR) is 244 cm³/mol. The average Bonchev–Trinajstić information content (AvgIpc) is 3.87. The zero-order valence-corrected chi connectivity index (χ0v) is 37.8. The van der Waals surface area contributed by atoms with Gasteiger partial charge in [0.05, 0.1) is 45.5 Å². The molecule has 0 spiro atoms. The van der Waals surface area contributed by atoms with Gasteiger partial charge < -0.3 is 45.1 Å². The molecular weight excluding hydrogens is 894 g/mol. The van der Waals surface area contributed by atoms with Gasteiger partial charge in [0.25, 0.3) is 11.8 Å². The molecule has 3 fully saturated rings. The number of hydrogen-bond acceptors (Lipinski definition) is 12. The fraction of sp³-hybridized carbons (Fsp3) is 0.354. The first-order valence-corrected chi connectivity index (χ1v) is 23.0. The smallest absolute Gasteiger partial charge is 0.335 e. The van der Waals surface area contributed by atoms with Crippen LogP contribution in [-0.4, -0.2) is 108 Å². The second-order valence-corrected chi connectivity index (χ2v) is 18.0. The quantitative estimate of drug-likeness (QED) is 0.135. The van der Waals surface area contributed by atoms with E-state index in [4.69, 9.17) is 31.5 Å². The molecule has 4 aromatic rings. The van der Waals surface area contributed by atoms with Gasteiger partial charge in [-0.1, -0.05) is 51.1 Å². The van der Waals surface area contributed by atoms with Crippen molar-refractivity contribution in [2.75, 3.05) is 57.1 Å². The highest BCUT2D eigenvalue weighted by atomic mass is 35.5. The summed E-state index contributed by atoms with van der Waals surface area (Å²) in [5.41, 5.74) is 10.6. The number of rotatable bonds is 6. The van der Waals surface area contributed by atoms with Crippen LogP contribution in [0.4, 0.5) is 19.5 Å². The Morgan fingerprint density at radius 1 is 1.11 bits per heavy atom.